The monoisotopic (exact) mass is 291 g/mol. The molecule has 1 aliphatic rings. The quantitative estimate of drug-likeness (QED) is 0.867. The van der Waals surface area contributed by atoms with Crippen LogP contribution in [0.1, 0.15) is 12.5 Å². The number of hydrogen-bond acceptors (Lipinski definition) is 4. The predicted octanol–water partition coefficient (Wildman–Crippen LogP) is 2.62. The highest BCUT2D eigenvalue weighted by Crippen LogP contribution is 2.36. The van der Waals surface area contributed by atoms with E-state index in [1.54, 1.807) is 0 Å². The molecule has 0 spiro atoms. The third kappa shape index (κ3) is 3.54. The molecule has 0 aromatic carbocycles. The number of rotatable bonds is 3. The summed E-state index contributed by atoms with van der Waals surface area (Å²) in [4.78, 5) is 6.20. The first-order chi connectivity index (χ1) is 9.02. The Bertz CT molecular complexity index is 431. The van der Waals surface area contributed by atoms with E-state index in [1.807, 2.05) is 11.8 Å². The standard InChI is InChI=1S/C12H16F3N3S/c1-2-19-11-9(12(13,14)15)3-4-10(17-11)18-7-5-16-6-8-18/h3-4,16H,2,5-8H2,1H3. The number of halogens is 3. The Kier molecular flexibility index (Phi) is 4.57. The van der Waals surface area contributed by atoms with Crippen molar-refractivity contribution < 1.29 is 13.2 Å². The van der Waals surface area contributed by atoms with E-state index < -0.39 is 11.7 Å². The molecule has 0 radical (unpaired) electrons. The van der Waals surface area contributed by atoms with Crippen molar-refractivity contribution >= 4 is 17.6 Å². The molecule has 0 amide bonds. The highest BCUT2D eigenvalue weighted by atomic mass is 32.2. The topological polar surface area (TPSA) is 28.2 Å². The lowest BCUT2D eigenvalue weighted by molar-refractivity contribution is -0.140. The molecule has 7 heteroatoms. The molecule has 1 aromatic heterocycles. The van der Waals surface area contributed by atoms with Crippen molar-refractivity contribution in [2.75, 3.05) is 36.8 Å². The number of piperazine rings is 1. The third-order valence-corrected chi connectivity index (χ3v) is 3.75. The minimum absolute atomic E-state index is 0.0750. The zero-order chi connectivity index (χ0) is 13.9. The van der Waals surface area contributed by atoms with E-state index >= 15 is 0 Å². The number of alkyl halides is 3. The van der Waals surface area contributed by atoms with Crippen molar-refractivity contribution in [3.8, 4) is 0 Å². The van der Waals surface area contributed by atoms with Crippen LogP contribution in [0.5, 0.6) is 0 Å². The molecule has 1 fully saturated rings. The normalized spacial score (nSPS) is 16.7. The Morgan fingerprint density at radius 2 is 2.00 bits per heavy atom. The van der Waals surface area contributed by atoms with E-state index in [0.29, 0.717) is 11.6 Å². The summed E-state index contributed by atoms with van der Waals surface area (Å²) in [5.41, 5.74) is -0.641. The number of hydrogen-bond donors (Lipinski definition) is 1. The molecule has 3 nitrogen and oxygen atoms in total. The highest BCUT2D eigenvalue weighted by molar-refractivity contribution is 7.99. The van der Waals surface area contributed by atoms with Gasteiger partial charge in [-0.3, -0.25) is 0 Å². The third-order valence-electron chi connectivity index (χ3n) is 2.87. The molecule has 0 unspecified atom stereocenters. The van der Waals surface area contributed by atoms with Gasteiger partial charge in [-0.05, 0) is 17.9 Å². The maximum atomic E-state index is 12.9. The van der Waals surface area contributed by atoms with E-state index in [4.69, 9.17) is 0 Å². The molecule has 0 atom stereocenters. The smallest absolute Gasteiger partial charge is 0.354 e. The zero-order valence-electron chi connectivity index (χ0n) is 10.6. The SMILES string of the molecule is CCSc1nc(N2CCNCC2)ccc1C(F)(F)F. The lowest BCUT2D eigenvalue weighted by atomic mass is 10.2. The Morgan fingerprint density at radius 1 is 1.32 bits per heavy atom. The first-order valence-corrected chi connectivity index (χ1v) is 7.17. The van der Waals surface area contributed by atoms with Crippen LogP contribution in [0.3, 0.4) is 0 Å². The predicted molar refractivity (Wildman–Crippen MR) is 70.7 cm³/mol. The van der Waals surface area contributed by atoms with Gasteiger partial charge in [0, 0.05) is 26.2 Å². The minimum atomic E-state index is -4.34. The second-order valence-corrected chi connectivity index (χ2v) is 5.44. The second-order valence-electron chi connectivity index (χ2n) is 4.19. The molecule has 106 valence electrons. The van der Waals surface area contributed by atoms with Gasteiger partial charge in [-0.1, -0.05) is 6.92 Å². The summed E-state index contributed by atoms with van der Waals surface area (Å²) >= 11 is 1.13. The molecule has 19 heavy (non-hydrogen) atoms. The van der Waals surface area contributed by atoms with Crippen molar-refractivity contribution in [3.63, 3.8) is 0 Å². The van der Waals surface area contributed by atoms with Crippen molar-refractivity contribution in [1.82, 2.24) is 10.3 Å². The van der Waals surface area contributed by atoms with E-state index in [1.165, 1.54) is 6.07 Å². The fraction of sp³-hybridized carbons (Fsp3) is 0.583. The summed E-state index contributed by atoms with van der Waals surface area (Å²) in [5, 5.41) is 3.28. The first-order valence-electron chi connectivity index (χ1n) is 6.19. The molecule has 0 saturated carbocycles. The summed E-state index contributed by atoms with van der Waals surface area (Å²) in [6, 6.07) is 2.61. The van der Waals surface area contributed by atoms with Gasteiger partial charge >= 0.3 is 6.18 Å². The van der Waals surface area contributed by atoms with Crippen molar-refractivity contribution in [3.05, 3.63) is 17.7 Å². The Labute approximate surface area is 114 Å². The molecule has 1 saturated heterocycles. The molecule has 0 bridgehead atoms. The molecule has 2 rings (SSSR count). The zero-order valence-corrected chi connectivity index (χ0v) is 11.4. The van der Waals surface area contributed by atoms with Crippen LogP contribution in [0.25, 0.3) is 0 Å². The van der Waals surface area contributed by atoms with Crippen LogP contribution in [-0.2, 0) is 6.18 Å². The van der Waals surface area contributed by atoms with Gasteiger partial charge < -0.3 is 10.2 Å². The minimum Gasteiger partial charge on any atom is -0.354 e. The first kappa shape index (κ1) is 14.5. The van der Waals surface area contributed by atoms with Gasteiger partial charge in [-0.15, -0.1) is 11.8 Å². The lowest BCUT2D eigenvalue weighted by Gasteiger charge is -2.29. The number of thioether (sulfide) groups is 1. The molecule has 0 aliphatic carbocycles. The highest BCUT2D eigenvalue weighted by Gasteiger charge is 2.34. The van der Waals surface area contributed by atoms with Crippen LogP contribution < -0.4 is 10.2 Å². The molecule has 2 heterocycles. The Morgan fingerprint density at radius 3 is 2.58 bits per heavy atom. The average molecular weight is 291 g/mol. The summed E-state index contributed by atoms with van der Waals surface area (Å²) in [7, 11) is 0. The molecule has 1 aliphatic heterocycles. The van der Waals surface area contributed by atoms with E-state index in [2.05, 4.69) is 10.3 Å². The van der Waals surface area contributed by atoms with Gasteiger partial charge in [0.15, 0.2) is 0 Å². The van der Waals surface area contributed by atoms with Crippen molar-refractivity contribution in [2.24, 2.45) is 0 Å². The fourth-order valence-electron chi connectivity index (χ4n) is 1.96. The van der Waals surface area contributed by atoms with Crippen LogP contribution in [0.15, 0.2) is 17.2 Å². The molecule has 1 aromatic rings. The van der Waals surface area contributed by atoms with Crippen LogP contribution in [-0.4, -0.2) is 36.9 Å². The summed E-state index contributed by atoms with van der Waals surface area (Å²) in [6.45, 7) is 5.03. The number of anilines is 1. The second kappa shape index (κ2) is 6.00. The van der Waals surface area contributed by atoms with Crippen molar-refractivity contribution in [1.29, 1.82) is 0 Å². The van der Waals surface area contributed by atoms with E-state index in [0.717, 1.165) is 44.0 Å². The largest absolute Gasteiger partial charge is 0.419 e. The van der Waals surface area contributed by atoms with Crippen LogP contribution >= 0.6 is 11.8 Å². The summed E-state index contributed by atoms with van der Waals surface area (Å²) in [5.74, 6) is 1.20. The van der Waals surface area contributed by atoms with Gasteiger partial charge in [-0.2, -0.15) is 13.2 Å². The number of aromatic nitrogens is 1. The molecular weight excluding hydrogens is 275 g/mol. The van der Waals surface area contributed by atoms with Crippen LogP contribution in [0, 0.1) is 0 Å². The molecule has 1 N–H and O–H groups in total. The van der Waals surface area contributed by atoms with Crippen LogP contribution in [0.4, 0.5) is 19.0 Å². The van der Waals surface area contributed by atoms with E-state index in [-0.39, 0.29) is 5.03 Å². The van der Waals surface area contributed by atoms with E-state index in [9.17, 15) is 13.2 Å². The van der Waals surface area contributed by atoms with Gasteiger partial charge in [0.1, 0.15) is 10.8 Å². The van der Waals surface area contributed by atoms with Gasteiger partial charge in [0.25, 0.3) is 0 Å². The van der Waals surface area contributed by atoms with Gasteiger partial charge in [0.05, 0.1) is 5.56 Å². The van der Waals surface area contributed by atoms with Crippen LogP contribution in [0.2, 0.25) is 0 Å². The maximum absolute atomic E-state index is 12.9. The Hall–Kier alpha value is -0.950. The summed E-state index contributed by atoms with van der Waals surface area (Å²) < 4.78 is 38.6. The number of pyridine rings is 1. The molecular formula is C12H16F3N3S. The van der Waals surface area contributed by atoms with Crippen molar-refractivity contribution in [2.45, 2.75) is 18.1 Å². The fourth-order valence-corrected chi connectivity index (χ4v) is 2.73. The van der Waals surface area contributed by atoms with Gasteiger partial charge in [-0.25, -0.2) is 4.98 Å². The number of nitrogens with one attached hydrogen (secondary N) is 1. The summed E-state index contributed by atoms with van der Waals surface area (Å²) in [6.07, 6.45) is -4.34. The number of nitrogens with zero attached hydrogens (tertiary/aromatic N) is 2. The Balaban J connectivity index is 2.29. The maximum Gasteiger partial charge on any atom is 0.419 e. The lowest BCUT2D eigenvalue weighted by Crippen LogP contribution is -2.44. The van der Waals surface area contributed by atoms with Gasteiger partial charge in [0.2, 0.25) is 0 Å². The average Bonchev–Trinajstić information content (AvgIpc) is 2.39.